The Labute approximate surface area is 162 Å². The van der Waals surface area contributed by atoms with Crippen LogP contribution in [0.1, 0.15) is 33.3 Å². The monoisotopic (exact) mass is 375 g/mol. The van der Waals surface area contributed by atoms with Crippen molar-refractivity contribution < 1.29 is 9.21 Å². The fraction of sp³-hybridized carbons (Fsp3) is 0.174. The lowest BCUT2D eigenvalue weighted by atomic mass is 10.1. The van der Waals surface area contributed by atoms with Crippen molar-refractivity contribution in [3.63, 3.8) is 0 Å². The molecule has 0 saturated heterocycles. The smallest absolute Gasteiger partial charge is 0.256 e. The zero-order valence-corrected chi connectivity index (χ0v) is 16.2. The molecule has 4 rings (SSSR count). The number of benzene rings is 2. The van der Waals surface area contributed by atoms with E-state index in [1.165, 1.54) is 5.56 Å². The molecule has 0 aliphatic rings. The molecule has 0 aliphatic heterocycles. The van der Waals surface area contributed by atoms with Crippen LogP contribution in [0.15, 0.2) is 65.1 Å². The predicted molar refractivity (Wildman–Crippen MR) is 111 cm³/mol. The Balaban J connectivity index is 1.57. The molecule has 0 bridgehead atoms. The van der Waals surface area contributed by atoms with E-state index in [-0.39, 0.29) is 5.91 Å². The van der Waals surface area contributed by atoms with Gasteiger partial charge in [-0.15, -0.1) is 11.3 Å². The van der Waals surface area contributed by atoms with Crippen LogP contribution in [0.25, 0.3) is 21.6 Å². The van der Waals surface area contributed by atoms with E-state index in [1.54, 1.807) is 11.3 Å². The first-order valence-corrected chi connectivity index (χ1v) is 9.91. The summed E-state index contributed by atoms with van der Waals surface area (Å²) in [4.78, 5) is 13.8. The van der Waals surface area contributed by atoms with Crippen molar-refractivity contribution in [1.82, 2.24) is 5.32 Å². The Morgan fingerprint density at radius 2 is 1.74 bits per heavy atom. The Morgan fingerprint density at radius 1 is 1.04 bits per heavy atom. The molecule has 27 heavy (non-hydrogen) atoms. The summed E-state index contributed by atoms with van der Waals surface area (Å²) in [6, 6.07) is 20.3. The lowest BCUT2D eigenvalue weighted by molar-refractivity contribution is 0.0951. The van der Waals surface area contributed by atoms with Crippen LogP contribution in [-0.2, 0) is 13.0 Å². The maximum absolute atomic E-state index is 12.8. The van der Waals surface area contributed by atoms with Crippen LogP contribution in [0.4, 0.5) is 0 Å². The van der Waals surface area contributed by atoms with Gasteiger partial charge < -0.3 is 9.73 Å². The van der Waals surface area contributed by atoms with E-state index in [2.05, 4.69) is 36.5 Å². The molecule has 0 aliphatic carbocycles. The van der Waals surface area contributed by atoms with Gasteiger partial charge in [-0.25, -0.2) is 0 Å². The highest BCUT2D eigenvalue weighted by Crippen LogP contribution is 2.36. The van der Waals surface area contributed by atoms with Crippen molar-refractivity contribution in [2.75, 3.05) is 0 Å². The largest absolute Gasteiger partial charge is 0.454 e. The van der Waals surface area contributed by atoms with E-state index in [1.807, 2.05) is 43.3 Å². The normalized spacial score (nSPS) is 11.0. The Hall–Kier alpha value is -2.85. The number of nitrogens with one attached hydrogen (secondary N) is 1. The number of fused-ring (bicyclic) bond motifs is 1. The van der Waals surface area contributed by atoms with Gasteiger partial charge in [0, 0.05) is 23.1 Å². The van der Waals surface area contributed by atoms with E-state index < -0.39 is 0 Å². The van der Waals surface area contributed by atoms with Gasteiger partial charge in [0.15, 0.2) is 5.58 Å². The molecule has 0 fully saturated rings. The maximum atomic E-state index is 12.8. The molecule has 4 heteroatoms. The number of aryl methyl sites for hydroxylation is 2. The number of furan rings is 1. The van der Waals surface area contributed by atoms with Crippen molar-refractivity contribution in [2.45, 2.75) is 26.8 Å². The number of hydrogen-bond acceptors (Lipinski definition) is 3. The van der Waals surface area contributed by atoms with E-state index in [0.717, 1.165) is 32.9 Å². The average molecular weight is 375 g/mol. The summed E-state index contributed by atoms with van der Waals surface area (Å²) in [6.07, 6.45) is 1.01. The first-order chi connectivity index (χ1) is 13.2. The van der Waals surface area contributed by atoms with E-state index in [9.17, 15) is 4.79 Å². The van der Waals surface area contributed by atoms with Gasteiger partial charge in [0.1, 0.15) is 5.76 Å². The predicted octanol–water partition coefficient (Wildman–Crippen LogP) is 5.96. The highest BCUT2D eigenvalue weighted by molar-refractivity contribution is 7.19. The van der Waals surface area contributed by atoms with Crippen molar-refractivity contribution in [2.24, 2.45) is 0 Å². The molecule has 2 aromatic heterocycles. The highest BCUT2D eigenvalue weighted by Gasteiger charge is 2.21. The number of carbonyl (C=O) groups excluding carboxylic acids is 1. The van der Waals surface area contributed by atoms with Crippen LogP contribution in [0.2, 0.25) is 0 Å². The summed E-state index contributed by atoms with van der Waals surface area (Å²) in [5, 5.41) is 3.03. The molecule has 0 unspecified atom stereocenters. The molecule has 0 spiro atoms. The fourth-order valence-electron chi connectivity index (χ4n) is 3.17. The minimum atomic E-state index is -0.0905. The van der Waals surface area contributed by atoms with Crippen molar-refractivity contribution in [3.8, 4) is 11.3 Å². The summed E-state index contributed by atoms with van der Waals surface area (Å²) < 4.78 is 7.06. The van der Waals surface area contributed by atoms with Gasteiger partial charge in [-0.05, 0) is 24.5 Å². The van der Waals surface area contributed by atoms with E-state index in [4.69, 9.17) is 4.42 Å². The summed E-state index contributed by atoms with van der Waals surface area (Å²) in [5.41, 5.74) is 4.72. The maximum Gasteiger partial charge on any atom is 0.256 e. The minimum Gasteiger partial charge on any atom is -0.454 e. The third kappa shape index (κ3) is 3.53. The molecule has 2 aromatic carbocycles. The second kappa shape index (κ2) is 7.41. The number of rotatable bonds is 5. The molecule has 0 radical (unpaired) electrons. The fourth-order valence-corrected chi connectivity index (χ4v) is 4.19. The number of thiophene rings is 1. The first-order valence-electron chi connectivity index (χ1n) is 9.10. The van der Waals surface area contributed by atoms with Gasteiger partial charge in [0.25, 0.3) is 5.91 Å². The first kappa shape index (κ1) is 17.6. The molecule has 3 nitrogen and oxygen atoms in total. The lowest BCUT2D eigenvalue weighted by Crippen LogP contribution is -2.23. The molecule has 4 aromatic rings. The van der Waals surface area contributed by atoms with Crippen LogP contribution < -0.4 is 5.32 Å². The van der Waals surface area contributed by atoms with Crippen molar-refractivity contribution in [1.29, 1.82) is 0 Å². The molecule has 1 N–H and O–H groups in total. The second-order valence-corrected chi connectivity index (χ2v) is 7.81. The zero-order valence-electron chi connectivity index (χ0n) is 15.4. The molecule has 0 saturated carbocycles. The standard InChI is InChI=1S/C23H21NO2S/c1-3-16-9-11-17(12-10-16)14-24-23(25)21-15(2)27-20-13-19(26-22(20)21)18-7-5-4-6-8-18/h4-13H,3,14H2,1-2H3,(H,24,25). The van der Waals surface area contributed by atoms with Crippen LogP contribution in [-0.4, -0.2) is 5.91 Å². The number of carbonyl (C=O) groups is 1. The summed E-state index contributed by atoms with van der Waals surface area (Å²) >= 11 is 1.59. The molecular formula is C23H21NO2S. The quantitative estimate of drug-likeness (QED) is 0.467. The summed E-state index contributed by atoms with van der Waals surface area (Å²) in [5.74, 6) is 0.702. The zero-order chi connectivity index (χ0) is 18.8. The molecule has 136 valence electrons. The van der Waals surface area contributed by atoms with Crippen molar-refractivity contribution in [3.05, 3.63) is 82.2 Å². The summed E-state index contributed by atoms with van der Waals surface area (Å²) in [7, 11) is 0. The van der Waals surface area contributed by atoms with E-state index in [0.29, 0.717) is 17.7 Å². The van der Waals surface area contributed by atoms with Gasteiger partial charge >= 0.3 is 0 Å². The van der Waals surface area contributed by atoms with Crippen LogP contribution >= 0.6 is 11.3 Å². The van der Waals surface area contributed by atoms with Gasteiger partial charge in [0.05, 0.1) is 10.3 Å². The SMILES string of the molecule is CCc1ccc(CNC(=O)c2c(C)sc3cc(-c4ccccc4)oc23)cc1. The Kier molecular flexibility index (Phi) is 4.82. The van der Waals surface area contributed by atoms with Gasteiger partial charge in [-0.3, -0.25) is 4.79 Å². The lowest BCUT2D eigenvalue weighted by Gasteiger charge is -2.06. The second-order valence-electron chi connectivity index (χ2n) is 6.56. The van der Waals surface area contributed by atoms with Crippen LogP contribution in [0.3, 0.4) is 0 Å². The third-order valence-corrected chi connectivity index (χ3v) is 5.74. The van der Waals surface area contributed by atoms with Gasteiger partial charge in [-0.2, -0.15) is 0 Å². The van der Waals surface area contributed by atoms with Gasteiger partial charge in [0.2, 0.25) is 0 Å². The molecule has 0 atom stereocenters. The van der Waals surface area contributed by atoms with Crippen LogP contribution in [0, 0.1) is 6.92 Å². The van der Waals surface area contributed by atoms with E-state index >= 15 is 0 Å². The topological polar surface area (TPSA) is 42.2 Å². The number of hydrogen-bond donors (Lipinski definition) is 1. The number of amides is 1. The van der Waals surface area contributed by atoms with Crippen molar-refractivity contribution >= 4 is 27.5 Å². The molecule has 2 heterocycles. The molecular weight excluding hydrogens is 354 g/mol. The third-order valence-electron chi connectivity index (χ3n) is 4.71. The Bertz CT molecular complexity index is 1070. The minimum absolute atomic E-state index is 0.0905. The molecule has 1 amide bonds. The van der Waals surface area contributed by atoms with Crippen LogP contribution in [0.5, 0.6) is 0 Å². The Morgan fingerprint density at radius 3 is 2.44 bits per heavy atom. The highest BCUT2D eigenvalue weighted by atomic mass is 32.1. The summed E-state index contributed by atoms with van der Waals surface area (Å²) in [6.45, 7) is 4.60. The average Bonchev–Trinajstić information content (AvgIpc) is 3.23. The van der Waals surface area contributed by atoms with Gasteiger partial charge in [-0.1, -0.05) is 61.5 Å².